The molecule has 4 nitrogen and oxygen atoms in total. The Bertz CT molecular complexity index is 448. The van der Waals surface area contributed by atoms with Crippen molar-refractivity contribution in [3.63, 3.8) is 0 Å². The minimum Gasteiger partial charge on any atom is -0.479 e. The number of methoxy groups -OCH3 is 1. The summed E-state index contributed by atoms with van der Waals surface area (Å²) in [4.78, 5) is 11.6. The van der Waals surface area contributed by atoms with Gasteiger partial charge in [-0.15, -0.1) is 0 Å². The number of hydrogen-bond donors (Lipinski definition) is 1. The monoisotopic (exact) mass is 207 g/mol. The highest BCUT2D eigenvalue weighted by molar-refractivity contribution is 5.82. The van der Waals surface area contributed by atoms with E-state index < -0.39 is 0 Å². The first-order valence-electron chi connectivity index (χ1n) is 5.08. The summed E-state index contributed by atoms with van der Waals surface area (Å²) >= 11 is 0. The smallest absolute Gasteiger partial charge is 0.241 e. The SMILES string of the molecule is CC.COc1nc(C)nc2c(C)c[nH]c12. The van der Waals surface area contributed by atoms with Crippen molar-refractivity contribution in [2.45, 2.75) is 27.7 Å². The molecular formula is C11H17N3O. The van der Waals surface area contributed by atoms with E-state index in [2.05, 4.69) is 15.0 Å². The quantitative estimate of drug-likeness (QED) is 0.782. The number of nitrogens with zero attached hydrogens (tertiary/aromatic N) is 2. The van der Waals surface area contributed by atoms with Gasteiger partial charge >= 0.3 is 0 Å². The number of H-pyrrole nitrogens is 1. The van der Waals surface area contributed by atoms with Gasteiger partial charge in [0.1, 0.15) is 11.3 Å². The molecule has 0 aromatic carbocycles. The van der Waals surface area contributed by atoms with E-state index in [9.17, 15) is 0 Å². The summed E-state index contributed by atoms with van der Waals surface area (Å²) in [7, 11) is 1.61. The lowest BCUT2D eigenvalue weighted by atomic mass is 10.3. The molecule has 0 aliphatic heterocycles. The maximum Gasteiger partial charge on any atom is 0.241 e. The average molecular weight is 207 g/mol. The third-order valence-corrected chi connectivity index (χ3v) is 1.99. The molecule has 0 bridgehead atoms. The Hall–Kier alpha value is -1.58. The fourth-order valence-corrected chi connectivity index (χ4v) is 1.36. The van der Waals surface area contributed by atoms with Crippen molar-refractivity contribution in [2.75, 3.05) is 7.11 Å². The lowest BCUT2D eigenvalue weighted by molar-refractivity contribution is 0.400. The van der Waals surface area contributed by atoms with E-state index >= 15 is 0 Å². The summed E-state index contributed by atoms with van der Waals surface area (Å²) in [6.45, 7) is 7.86. The number of aromatic nitrogens is 3. The van der Waals surface area contributed by atoms with Crippen molar-refractivity contribution in [1.82, 2.24) is 15.0 Å². The van der Waals surface area contributed by atoms with Gasteiger partial charge in [0, 0.05) is 6.20 Å². The van der Waals surface area contributed by atoms with Crippen LogP contribution in [0.3, 0.4) is 0 Å². The van der Waals surface area contributed by atoms with Crippen LogP contribution in [0.4, 0.5) is 0 Å². The van der Waals surface area contributed by atoms with Gasteiger partial charge in [0.05, 0.1) is 12.6 Å². The molecule has 1 N–H and O–H groups in total. The van der Waals surface area contributed by atoms with E-state index in [0.717, 1.165) is 22.4 Å². The van der Waals surface area contributed by atoms with Crippen LogP contribution in [0, 0.1) is 13.8 Å². The molecule has 15 heavy (non-hydrogen) atoms. The van der Waals surface area contributed by atoms with Crippen LogP contribution in [-0.4, -0.2) is 22.1 Å². The number of aryl methyl sites for hydroxylation is 2. The molecule has 2 aromatic rings. The molecule has 0 amide bonds. The van der Waals surface area contributed by atoms with E-state index in [0.29, 0.717) is 5.88 Å². The van der Waals surface area contributed by atoms with E-state index in [1.165, 1.54) is 0 Å². The largest absolute Gasteiger partial charge is 0.479 e. The Morgan fingerprint density at radius 2 is 1.87 bits per heavy atom. The Morgan fingerprint density at radius 1 is 1.20 bits per heavy atom. The van der Waals surface area contributed by atoms with E-state index in [-0.39, 0.29) is 0 Å². The standard InChI is InChI=1S/C9H11N3O.C2H6/c1-5-4-10-8-7(5)11-6(2)12-9(8)13-3;1-2/h4,10H,1-3H3;1-2H3. The highest BCUT2D eigenvalue weighted by atomic mass is 16.5. The topological polar surface area (TPSA) is 50.8 Å². The number of ether oxygens (including phenoxy) is 1. The van der Waals surface area contributed by atoms with Gasteiger partial charge in [0.15, 0.2) is 0 Å². The third-order valence-electron chi connectivity index (χ3n) is 1.99. The van der Waals surface area contributed by atoms with Gasteiger partial charge in [-0.2, -0.15) is 4.98 Å². The van der Waals surface area contributed by atoms with Crippen LogP contribution in [0.25, 0.3) is 11.0 Å². The molecule has 0 spiro atoms. The molecule has 0 fully saturated rings. The van der Waals surface area contributed by atoms with Crippen LogP contribution in [-0.2, 0) is 0 Å². The molecule has 4 heteroatoms. The normalized spacial score (nSPS) is 9.67. The van der Waals surface area contributed by atoms with Gasteiger partial charge in [-0.1, -0.05) is 13.8 Å². The van der Waals surface area contributed by atoms with Crippen LogP contribution in [0.1, 0.15) is 25.2 Å². The van der Waals surface area contributed by atoms with Gasteiger partial charge in [-0.3, -0.25) is 0 Å². The Morgan fingerprint density at radius 3 is 2.47 bits per heavy atom. The lowest BCUT2D eigenvalue weighted by Crippen LogP contribution is -1.94. The van der Waals surface area contributed by atoms with E-state index in [1.807, 2.05) is 33.9 Å². The van der Waals surface area contributed by atoms with E-state index in [1.54, 1.807) is 7.11 Å². The Balaban J connectivity index is 0.000000531. The molecule has 0 aliphatic carbocycles. The van der Waals surface area contributed by atoms with Crippen LogP contribution in [0.15, 0.2) is 6.20 Å². The van der Waals surface area contributed by atoms with Gasteiger partial charge < -0.3 is 9.72 Å². The third kappa shape index (κ3) is 2.09. The molecular weight excluding hydrogens is 190 g/mol. The number of fused-ring (bicyclic) bond motifs is 1. The summed E-state index contributed by atoms with van der Waals surface area (Å²) < 4.78 is 5.14. The minimum absolute atomic E-state index is 0.607. The highest BCUT2D eigenvalue weighted by Gasteiger charge is 2.08. The van der Waals surface area contributed by atoms with Gasteiger partial charge in [0.25, 0.3) is 0 Å². The number of aromatic amines is 1. The van der Waals surface area contributed by atoms with Crippen molar-refractivity contribution in [3.05, 3.63) is 17.6 Å². The second-order valence-corrected chi connectivity index (χ2v) is 2.98. The molecule has 2 rings (SSSR count). The molecule has 2 aromatic heterocycles. The molecule has 0 aliphatic rings. The van der Waals surface area contributed by atoms with Crippen molar-refractivity contribution in [1.29, 1.82) is 0 Å². The fourth-order valence-electron chi connectivity index (χ4n) is 1.36. The maximum absolute atomic E-state index is 5.14. The van der Waals surface area contributed by atoms with Crippen LogP contribution < -0.4 is 4.74 Å². The van der Waals surface area contributed by atoms with E-state index in [4.69, 9.17) is 4.74 Å². The Kier molecular flexibility index (Phi) is 3.66. The van der Waals surface area contributed by atoms with Crippen molar-refractivity contribution >= 4 is 11.0 Å². The summed E-state index contributed by atoms with van der Waals surface area (Å²) in [5.74, 6) is 1.34. The predicted octanol–water partition coefficient (Wildman–Crippen LogP) is 2.61. The molecule has 2 heterocycles. The highest BCUT2D eigenvalue weighted by Crippen LogP contribution is 2.22. The van der Waals surface area contributed by atoms with Crippen LogP contribution in [0.5, 0.6) is 5.88 Å². The Labute approximate surface area is 89.7 Å². The van der Waals surface area contributed by atoms with Crippen molar-refractivity contribution in [3.8, 4) is 5.88 Å². The van der Waals surface area contributed by atoms with Crippen LogP contribution in [0.2, 0.25) is 0 Å². The minimum atomic E-state index is 0.607. The number of rotatable bonds is 1. The zero-order valence-corrected chi connectivity index (χ0v) is 9.88. The van der Waals surface area contributed by atoms with Gasteiger partial charge in [-0.05, 0) is 19.4 Å². The fraction of sp³-hybridized carbons (Fsp3) is 0.455. The average Bonchev–Trinajstić information content (AvgIpc) is 2.62. The summed E-state index contributed by atoms with van der Waals surface area (Å²) in [5.41, 5.74) is 2.91. The first-order valence-corrected chi connectivity index (χ1v) is 5.08. The summed E-state index contributed by atoms with van der Waals surface area (Å²) in [6, 6.07) is 0. The second kappa shape index (κ2) is 4.77. The molecule has 0 unspecified atom stereocenters. The first kappa shape index (κ1) is 11.5. The lowest BCUT2D eigenvalue weighted by Gasteiger charge is -2.01. The predicted molar refractivity (Wildman–Crippen MR) is 61.3 cm³/mol. The second-order valence-electron chi connectivity index (χ2n) is 2.98. The maximum atomic E-state index is 5.14. The van der Waals surface area contributed by atoms with Gasteiger partial charge in [0.2, 0.25) is 5.88 Å². The summed E-state index contributed by atoms with van der Waals surface area (Å²) in [5, 5.41) is 0. The molecule has 82 valence electrons. The molecule has 0 radical (unpaired) electrons. The molecule has 0 saturated heterocycles. The van der Waals surface area contributed by atoms with Gasteiger partial charge in [-0.25, -0.2) is 4.98 Å². The number of hydrogen-bond acceptors (Lipinski definition) is 3. The number of nitrogens with one attached hydrogen (secondary N) is 1. The van der Waals surface area contributed by atoms with Crippen molar-refractivity contribution in [2.24, 2.45) is 0 Å². The zero-order valence-electron chi connectivity index (χ0n) is 9.88. The zero-order chi connectivity index (χ0) is 11.4. The molecule has 0 atom stereocenters. The summed E-state index contributed by atoms with van der Waals surface area (Å²) in [6.07, 6.45) is 1.90. The van der Waals surface area contributed by atoms with Crippen molar-refractivity contribution < 1.29 is 4.74 Å². The molecule has 0 saturated carbocycles. The van der Waals surface area contributed by atoms with Crippen LogP contribution >= 0.6 is 0 Å². The first-order chi connectivity index (χ1) is 7.22.